The predicted molar refractivity (Wildman–Crippen MR) is 103 cm³/mol. The molecule has 5 nitrogen and oxygen atoms in total. The zero-order valence-corrected chi connectivity index (χ0v) is 16.2. The van der Waals surface area contributed by atoms with Crippen molar-refractivity contribution in [1.29, 1.82) is 0 Å². The number of nitrogens with one attached hydrogen (secondary N) is 1. The fraction of sp³-hybridized carbons (Fsp3) is 0.316. The summed E-state index contributed by atoms with van der Waals surface area (Å²) < 4.78 is 5.03. The Bertz CT molecular complexity index is 798. The molecule has 0 unspecified atom stereocenters. The summed E-state index contributed by atoms with van der Waals surface area (Å²) in [6.45, 7) is 3.96. The molecular formula is C19H20ClNO4S. The first-order chi connectivity index (χ1) is 12.4. The van der Waals surface area contributed by atoms with Crippen molar-refractivity contribution in [2.24, 2.45) is 0 Å². The largest absolute Gasteiger partial charge is 0.462 e. The average molecular weight is 394 g/mol. The van der Waals surface area contributed by atoms with Gasteiger partial charge in [0, 0.05) is 28.3 Å². The van der Waals surface area contributed by atoms with Crippen molar-refractivity contribution in [3.63, 3.8) is 0 Å². The van der Waals surface area contributed by atoms with Crippen LogP contribution in [0.4, 0.5) is 5.00 Å². The van der Waals surface area contributed by atoms with E-state index >= 15 is 0 Å². The van der Waals surface area contributed by atoms with Gasteiger partial charge in [0.15, 0.2) is 5.78 Å². The third-order valence-corrected chi connectivity index (χ3v) is 5.07. The van der Waals surface area contributed by atoms with Crippen LogP contribution in [0.25, 0.3) is 0 Å². The Hall–Kier alpha value is -2.18. The van der Waals surface area contributed by atoms with E-state index in [4.69, 9.17) is 16.3 Å². The number of halogens is 1. The minimum Gasteiger partial charge on any atom is -0.462 e. The number of hydrogen-bond acceptors (Lipinski definition) is 5. The molecular weight excluding hydrogens is 374 g/mol. The van der Waals surface area contributed by atoms with Gasteiger partial charge < -0.3 is 10.1 Å². The smallest absolute Gasteiger partial charge is 0.341 e. The summed E-state index contributed by atoms with van der Waals surface area (Å²) in [5.41, 5.74) is 0.866. The number of carbonyl (C=O) groups excluding carboxylic acids is 3. The van der Waals surface area contributed by atoms with E-state index in [9.17, 15) is 14.4 Å². The third-order valence-electron chi connectivity index (χ3n) is 3.63. The van der Waals surface area contributed by atoms with Crippen LogP contribution in [0.2, 0.25) is 5.02 Å². The quantitative estimate of drug-likeness (QED) is 0.519. The summed E-state index contributed by atoms with van der Waals surface area (Å²) in [7, 11) is 0. The van der Waals surface area contributed by atoms with Crippen molar-refractivity contribution >= 4 is 45.6 Å². The normalized spacial score (nSPS) is 10.4. The molecule has 7 heteroatoms. The molecule has 1 aromatic heterocycles. The predicted octanol–water partition coefficient (Wildman–Crippen LogP) is 4.74. The topological polar surface area (TPSA) is 72.5 Å². The number of esters is 1. The maximum Gasteiger partial charge on any atom is 0.341 e. The number of anilines is 1. The SMILES string of the molecule is CCOC(=O)c1cc(CC)sc1NC(=O)CCC(=O)c1ccc(Cl)cc1. The van der Waals surface area contributed by atoms with Gasteiger partial charge in [-0.25, -0.2) is 4.79 Å². The van der Waals surface area contributed by atoms with E-state index in [0.717, 1.165) is 11.3 Å². The first-order valence-electron chi connectivity index (χ1n) is 8.33. The van der Waals surface area contributed by atoms with Crippen LogP contribution in [-0.4, -0.2) is 24.3 Å². The molecule has 0 fully saturated rings. The molecule has 0 aliphatic heterocycles. The highest BCUT2D eigenvalue weighted by Gasteiger charge is 2.19. The van der Waals surface area contributed by atoms with E-state index < -0.39 is 5.97 Å². The minimum absolute atomic E-state index is 0.0308. The van der Waals surface area contributed by atoms with Gasteiger partial charge >= 0.3 is 5.97 Å². The molecule has 0 saturated heterocycles. The van der Waals surface area contributed by atoms with Gasteiger partial charge in [-0.1, -0.05) is 18.5 Å². The number of ether oxygens (including phenoxy) is 1. The molecule has 2 aromatic rings. The second-order valence-electron chi connectivity index (χ2n) is 5.51. The Morgan fingerprint density at radius 3 is 2.42 bits per heavy atom. The zero-order chi connectivity index (χ0) is 19.1. The Morgan fingerprint density at radius 2 is 1.81 bits per heavy atom. The van der Waals surface area contributed by atoms with Crippen LogP contribution in [-0.2, 0) is 16.0 Å². The molecule has 1 aromatic carbocycles. The van der Waals surface area contributed by atoms with E-state index in [0.29, 0.717) is 21.2 Å². The Kier molecular flexibility index (Phi) is 7.36. The molecule has 0 bridgehead atoms. The number of Topliss-reactive ketones (excluding diaryl/α,β-unsaturated/α-hetero) is 1. The third kappa shape index (κ3) is 5.41. The lowest BCUT2D eigenvalue weighted by atomic mass is 10.1. The van der Waals surface area contributed by atoms with Crippen LogP contribution in [0.5, 0.6) is 0 Å². The molecule has 0 atom stereocenters. The molecule has 0 spiro atoms. The van der Waals surface area contributed by atoms with E-state index in [1.54, 1.807) is 37.3 Å². The Labute approximate surface area is 161 Å². The van der Waals surface area contributed by atoms with Crippen LogP contribution in [0, 0.1) is 0 Å². The molecule has 1 heterocycles. The van der Waals surface area contributed by atoms with Gasteiger partial charge in [-0.15, -0.1) is 11.3 Å². The highest BCUT2D eigenvalue weighted by Crippen LogP contribution is 2.29. The maximum atomic E-state index is 12.2. The number of amides is 1. The van der Waals surface area contributed by atoms with Crippen molar-refractivity contribution < 1.29 is 19.1 Å². The second-order valence-corrected chi connectivity index (χ2v) is 7.08. The van der Waals surface area contributed by atoms with Gasteiger partial charge in [-0.2, -0.15) is 0 Å². The first-order valence-corrected chi connectivity index (χ1v) is 9.52. The number of thiophene rings is 1. The zero-order valence-electron chi connectivity index (χ0n) is 14.6. The Balaban J connectivity index is 1.99. The van der Waals surface area contributed by atoms with Gasteiger partial charge in [0.05, 0.1) is 12.2 Å². The molecule has 138 valence electrons. The summed E-state index contributed by atoms with van der Waals surface area (Å²) in [6.07, 6.45) is 0.860. The lowest BCUT2D eigenvalue weighted by Gasteiger charge is -2.06. The van der Waals surface area contributed by atoms with Crippen molar-refractivity contribution in [2.45, 2.75) is 33.1 Å². The molecule has 0 saturated carbocycles. The summed E-state index contributed by atoms with van der Waals surface area (Å²) in [4.78, 5) is 37.3. The van der Waals surface area contributed by atoms with E-state index in [1.165, 1.54) is 11.3 Å². The number of carbonyl (C=O) groups is 3. The fourth-order valence-corrected chi connectivity index (χ4v) is 3.39. The summed E-state index contributed by atoms with van der Waals surface area (Å²) >= 11 is 7.14. The minimum atomic E-state index is -0.462. The standard InChI is InChI=1S/C19H20ClNO4S/c1-3-14-11-15(19(24)25-4-2)18(26-14)21-17(23)10-9-16(22)12-5-7-13(20)8-6-12/h5-8,11H,3-4,9-10H2,1-2H3,(H,21,23). The van der Waals surface area contributed by atoms with Gasteiger partial charge in [-0.05, 0) is 43.7 Å². The van der Waals surface area contributed by atoms with Crippen LogP contribution in [0.15, 0.2) is 30.3 Å². The molecule has 2 rings (SSSR count). The lowest BCUT2D eigenvalue weighted by molar-refractivity contribution is -0.116. The lowest BCUT2D eigenvalue weighted by Crippen LogP contribution is -2.15. The van der Waals surface area contributed by atoms with Crippen molar-refractivity contribution in [3.05, 3.63) is 51.4 Å². The molecule has 0 radical (unpaired) electrons. The Morgan fingerprint density at radius 1 is 1.12 bits per heavy atom. The molecule has 1 amide bonds. The molecule has 0 aliphatic carbocycles. The monoisotopic (exact) mass is 393 g/mol. The number of rotatable bonds is 8. The summed E-state index contributed by atoms with van der Waals surface area (Å²) in [6, 6.07) is 8.27. The summed E-state index contributed by atoms with van der Waals surface area (Å²) in [5, 5.41) is 3.74. The summed E-state index contributed by atoms with van der Waals surface area (Å²) in [5.74, 6) is -0.916. The van der Waals surface area contributed by atoms with Gasteiger partial charge in [0.25, 0.3) is 0 Å². The van der Waals surface area contributed by atoms with Crippen LogP contribution < -0.4 is 5.32 Å². The van der Waals surface area contributed by atoms with Crippen LogP contribution in [0.3, 0.4) is 0 Å². The maximum absolute atomic E-state index is 12.2. The van der Waals surface area contributed by atoms with E-state index in [1.807, 2.05) is 6.92 Å². The van der Waals surface area contributed by atoms with Crippen LogP contribution in [0.1, 0.15) is 52.3 Å². The average Bonchev–Trinajstić information content (AvgIpc) is 3.03. The van der Waals surface area contributed by atoms with Crippen molar-refractivity contribution in [3.8, 4) is 0 Å². The second kappa shape index (κ2) is 9.50. The van der Waals surface area contributed by atoms with Gasteiger partial charge in [0.2, 0.25) is 5.91 Å². The van der Waals surface area contributed by atoms with Crippen LogP contribution >= 0.6 is 22.9 Å². The van der Waals surface area contributed by atoms with Gasteiger partial charge in [0.1, 0.15) is 5.00 Å². The van der Waals surface area contributed by atoms with E-state index in [-0.39, 0.29) is 31.1 Å². The number of hydrogen-bond donors (Lipinski definition) is 1. The molecule has 26 heavy (non-hydrogen) atoms. The number of benzene rings is 1. The number of ketones is 1. The van der Waals surface area contributed by atoms with Crippen molar-refractivity contribution in [1.82, 2.24) is 0 Å². The van der Waals surface area contributed by atoms with Crippen molar-refractivity contribution in [2.75, 3.05) is 11.9 Å². The molecule has 0 aliphatic rings. The number of aryl methyl sites for hydroxylation is 1. The highest BCUT2D eigenvalue weighted by atomic mass is 35.5. The van der Waals surface area contributed by atoms with Gasteiger partial charge in [-0.3, -0.25) is 9.59 Å². The highest BCUT2D eigenvalue weighted by molar-refractivity contribution is 7.16. The first kappa shape index (κ1) is 20.1. The fourth-order valence-electron chi connectivity index (χ4n) is 2.27. The molecule has 1 N–H and O–H groups in total. The van der Waals surface area contributed by atoms with E-state index in [2.05, 4.69) is 5.32 Å².